The minimum absolute atomic E-state index is 0.161. The van der Waals surface area contributed by atoms with Crippen molar-refractivity contribution < 1.29 is 4.79 Å². The zero-order chi connectivity index (χ0) is 14.8. The molecule has 0 bridgehead atoms. The van der Waals surface area contributed by atoms with Gasteiger partial charge in [-0.2, -0.15) is 0 Å². The first-order valence-corrected chi connectivity index (χ1v) is 8.53. The Bertz CT molecular complexity index is 534. The smallest absolute Gasteiger partial charge is 0.225 e. The maximum absolute atomic E-state index is 11.9. The lowest BCUT2D eigenvalue weighted by atomic mass is 9.90. The fraction of sp³-hybridized carbons (Fsp3) is 0.562. The summed E-state index contributed by atoms with van der Waals surface area (Å²) in [5.41, 5.74) is 2.57. The maximum atomic E-state index is 11.9. The summed E-state index contributed by atoms with van der Waals surface area (Å²) in [6.07, 6.45) is 2.11. The molecule has 0 saturated carbocycles. The number of amides is 1. The molecular weight excluding hydrogens is 330 g/mol. The van der Waals surface area contributed by atoms with Crippen LogP contribution in [0.3, 0.4) is 0 Å². The van der Waals surface area contributed by atoms with E-state index in [4.69, 9.17) is 0 Å². The van der Waals surface area contributed by atoms with Crippen LogP contribution in [0.15, 0.2) is 22.7 Å². The van der Waals surface area contributed by atoms with Gasteiger partial charge in [-0.25, -0.2) is 0 Å². The predicted octanol–water partition coefficient (Wildman–Crippen LogP) is 2.27. The second-order valence-electron chi connectivity index (χ2n) is 5.81. The van der Waals surface area contributed by atoms with Gasteiger partial charge in [-0.15, -0.1) is 0 Å². The normalized spacial score (nSPS) is 24.9. The SMILES string of the molecule is CCNCc1cc(Br)ccc1N1CCCC2C(=O)NCC21. The Labute approximate surface area is 134 Å². The Hall–Kier alpha value is -1.07. The van der Waals surface area contributed by atoms with Crippen LogP contribution in [-0.2, 0) is 11.3 Å². The van der Waals surface area contributed by atoms with Gasteiger partial charge in [-0.3, -0.25) is 4.79 Å². The van der Waals surface area contributed by atoms with Gasteiger partial charge < -0.3 is 15.5 Å². The zero-order valence-electron chi connectivity index (χ0n) is 12.4. The average molecular weight is 352 g/mol. The number of benzene rings is 1. The number of nitrogens with one attached hydrogen (secondary N) is 2. The summed E-state index contributed by atoms with van der Waals surface area (Å²) in [5, 5.41) is 6.44. The van der Waals surface area contributed by atoms with E-state index in [1.165, 1.54) is 11.3 Å². The number of hydrogen-bond donors (Lipinski definition) is 2. The van der Waals surface area contributed by atoms with Gasteiger partial charge in [0.15, 0.2) is 0 Å². The topological polar surface area (TPSA) is 44.4 Å². The van der Waals surface area contributed by atoms with Crippen LogP contribution in [0, 0.1) is 5.92 Å². The van der Waals surface area contributed by atoms with Crippen molar-refractivity contribution in [1.82, 2.24) is 10.6 Å². The number of fused-ring (bicyclic) bond motifs is 1. The number of halogens is 1. The first kappa shape index (κ1) is 14.9. The molecule has 2 aliphatic rings. The third-order valence-electron chi connectivity index (χ3n) is 4.52. The third-order valence-corrected chi connectivity index (χ3v) is 5.01. The van der Waals surface area contributed by atoms with E-state index in [0.717, 1.165) is 43.5 Å². The van der Waals surface area contributed by atoms with Crippen LogP contribution < -0.4 is 15.5 Å². The Kier molecular flexibility index (Phi) is 4.50. The summed E-state index contributed by atoms with van der Waals surface area (Å²) in [6, 6.07) is 6.78. The van der Waals surface area contributed by atoms with Gasteiger partial charge in [-0.05, 0) is 43.1 Å². The van der Waals surface area contributed by atoms with E-state index < -0.39 is 0 Å². The third kappa shape index (κ3) is 2.94. The Morgan fingerprint density at radius 2 is 2.33 bits per heavy atom. The fourth-order valence-electron chi connectivity index (χ4n) is 3.49. The summed E-state index contributed by atoms with van der Waals surface area (Å²) in [5.74, 6) is 0.393. The molecule has 2 atom stereocenters. The summed E-state index contributed by atoms with van der Waals surface area (Å²) in [4.78, 5) is 14.4. The fourth-order valence-corrected chi connectivity index (χ4v) is 3.89. The number of nitrogens with zero attached hydrogens (tertiary/aromatic N) is 1. The highest BCUT2D eigenvalue weighted by Crippen LogP contribution is 2.34. The van der Waals surface area contributed by atoms with Crippen LogP contribution in [0.1, 0.15) is 25.3 Å². The van der Waals surface area contributed by atoms with Crippen LogP contribution in [0.5, 0.6) is 0 Å². The zero-order valence-corrected chi connectivity index (χ0v) is 13.9. The standard InChI is InChI=1S/C16H22BrN3O/c1-2-18-9-11-8-12(17)5-6-14(11)20-7-3-4-13-15(20)10-19-16(13)21/h5-6,8,13,15,18H,2-4,7,9-10H2,1H3,(H,19,21). The molecule has 114 valence electrons. The average Bonchev–Trinajstić information content (AvgIpc) is 2.87. The molecule has 2 N–H and O–H groups in total. The lowest BCUT2D eigenvalue weighted by molar-refractivity contribution is -0.122. The Morgan fingerprint density at radius 3 is 3.14 bits per heavy atom. The quantitative estimate of drug-likeness (QED) is 0.874. The van der Waals surface area contributed by atoms with Crippen LogP contribution in [0.2, 0.25) is 0 Å². The molecule has 1 aromatic carbocycles. The molecule has 0 aromatic heterocycles. The van der Waals surface area contributed by atoms with Crippen molar-refractivity contribution in [2.75, 3.05) is 24.5 Å². The molecule has 2 unspecified atom stereocenters. The van der Waals surface area contributed by atoms with Gasteiger partial charge in [0.05, 0.1) is 12.0 Å². The summed E-state index contributed by atoms with van der Waals surface area (Å²) < 4.78 is 1.10. The van der Waals surface area contributed by atoms with E-state index in [9.17, 15) is 4.79 Å². The Balaban J connectivity index is 1.90. The lowest BCUT2D eigenvalue weighted by Gasteiger charge is -2.39. The second-order valence-corrected chi connectivity index (χ2v) is 6.72. The van der Waals surface area contributed by atoms with Gasteiger partial charge in [0.25, 0.3) is 0 Å². The van der Waals surface area contributed by atoms with Gasteiger partial charge in [0, 0.05) is 29.8 Å². The molecule has 1 aromatic rings. The highest BCUT2D eigenvalue weighted by molar-refractivity contribution is 9.10. The van der Waals surface area contributed by atoms with Gasteiger partial charge in [0.2, 0.25) is 5.91 Å². The van der Waals surface area contributed by atoms with E-state index in [1.54, 1.807) is 0 Å². The van der Waals surface area contributed by atoms with Crippen molar-refractivity contribution in [1.29, 1.82) is 0 Å². The van der Waals surface area contributed by atoms with Crippen molar-refractivity contribution >= 4 is 27.5 Å². The largest absolute Gasteiger partial charge is 0.366 e. The number of anilines is 1. The molecule has 0 spiro atoms. The molecule has 21 heavy (non-hydrogen) atoms. The predicted molar refractivity (Wildman–Crippen MR) is 88.4 cm³/mol. The van der Waals surface area contributed by atoms with E-state index in [-0.39, 0.29) is 11.8 Å². The lowest BCUT2D eigenvalue weighted by Crippen LogP contribution is -2.46. The monoisotopic (exact) mass is 351 g/mol. The number of carbonyl (C=O) groups is 1. The van der Waals surface area contributed by atoms with E-state index >= 15 is 0 Å². The minimum Gasteiger partial charge on any atom is -0.366 e. The molecule has 2 saturated heterocycles. The number of hydrogen-bond acceptors (Lipinski definition) is 3. The maximum Gasteiger partial charge on any atom is 0.225 e. The minimum atomic E-state index is 0.161. The van der Waals surface area contributed by atoms with Crippen LogP contribution >= 0.6 is 15.9 Å². The first-order valence-electron chi connectivity index (χ1n) is 7.74. The molecule has 2 fully saturated rings. The van der Waals surface area contributed by atoms with Crippen molar-refractivity contribution in [2.24, 2.45) is 5.92 Å². The molecule has 0 aliphatic carbocycles. The van der Waals surface area contributed by atoms with E-state index in [1.807, 2.05) is 0 Å². The van der Waals surface area contributed by atoms with Crippen molar-refractivity contribution in [2.45, 2.75) is 32.4 Å². The van der Waals surface area contributed by atoms with Gasteiger partial charge in [0.1, 0.15) is 0 Å². The summed E-state index contributed by atoms with van der Waals surface area (Å²) >= 11 is 3.57. The van der Waals surface area contributed by atoms with E-state index in [0.29, 0.717) is 6.04 Å². The molecule has 2 heterocycles. The van der Waals surface area contributed by atoms with Crippen LogP contribution in [0.4, 0.5) is 5.69 Å². The first-order chi connectivity index (χ1) is 10.2. The molecule has 3 rings (SSSR count). The van der Waals surface area contributed by atoms with Crippen LogP contribution in [0.25, 0.3) is 0 Å². The van der Waals surface area contributed by atoms with Crippen molar-refractivity contribution in [3.63, 3.8) is 0 Å². The highest BCUT2D eigenvalue weighted by Gasteiger charge is 2.41. The molecule has 4 nitrogen and oxygen atoms in total. The second kappa shape index (κ2) is 6.36. The van der Waals surface area contributed by atoms with Gasteiger partial charge in [-0.1, -0.05) is 22.9 Å². The Morgan fingerprint density at radius 1 is 1.48 bits per heavy atom. The van der Waals surface area contributed by atoms with E-state index in [2.05, 4.69) is 56.6 Å². The number of piperidine rings is 1. The summed E-state index contributed by atoms with van der Waals surface area (Å²) in [6.45, 7) is 5.75. The molecule has 0 radical (unpaired) electrons. The summed E-state index contributed by atoms with van der Waals surface area (Å²) in [7, 11) is 0. The number of rotatable bonds is 4. The highest BCUT2D eigenvalue weighted by atomic mass is 79.9. The molecule has 5 heteroatoms. The van der Waals surface area contributed by atoms with Crippen molar-refractivity contribution in [3.05, 3.63) is 28.2 Å². The van der Waals surface area contributed by atoms with Crippen molar-refractivity contribution in [3.8, 4) is 0 Å². The molecule has 1 amide bonds. The van der Waals surface area contributed by atoms with Crippen LogP contribution in [-0.4, -0.2) is 31.6 Å². The molecule has 2 aliphatic heterocycles. The molecular formula is C16H22BrN3O. The van der Waals surface area contributed by atoms with Gasteiger partial charge >= 0.3 is 0 Å². The number of carbonyl (C=O) groups excluding carboxylic acids is 1.